The number of halogens is 1. The third-order valence-electron chi connectivity index (χ3n) is 13.2. The number of hydrogen-bond acceptors (Lipinski definition) is 11. The number of phenolic OH excluding ortho intramolecular Hbond substituents is 1. The number of anilines is 3. The van der Waals surface area contributed by atoms with Gasteiger partial charge in [0, 0.05) is 101 Å². The van der Waals surface area contributed by atoms with Crippen LogP contribution in [0, 0.1) is 5.92 Å². The first-order valence-electron chi connectivity index (χ1n) is 20.6. The molecule has 2 aromatic carbocycles. The van der Waals surface area contributed by atoms with Crippen molar-refractivity contribution in [3.63, 3.8) is 0 Å². The average Bonchev–Trinajstić information content (AvgIpc) is 3.53. The number of fused-ring (bicyclic) bond motifs is 4. The zero-order valence-electron chi connectivity index (χ0n) is 33.3. The fourth-order valence-electron chi connectivity index (χ4n) is 10.2. The summed E-state index contributed by atoms with van der Waals surface area (Å²) in [5.74, 6) is 0.388. The molecule has 306 valence electrons. The smallest absolute Gasteiger partial charge is 0.320 e. The molecule has 58 heavy (non-hydrogen) atoms. The Balaban J connectivity index is 0.783. The molecule has 4 fully saturated rings. The van der Waals surface area contributed by atoms with Crippen LogP contribution in [0.15, 0.2) is 42.5 Å². The largest absolute Gasteiger partial charge is 0.506 e. The number of piperidine rings is 2. The quantitative estimate of drug-likeness (QED) is 0.320. The number of hydrogen-bond donors (Lipinski definition) is 3. The molecule has 4 atom stereocenters. The molecule has 0 unspecified atom stereocenters. The zero-order chi connectivity index (χ0) is 40.5. The van der Waals surface area contributed by atoms with Gasteiger partial charge in [-0.2, -0.15) is 0 Å². The van der Waals surface area contributed by atoms with E-state index in [-0.39, 0.29) is 58.6 Å². The molecule has 6 aliphatic heterocycles. The number of aromatic hydroxyl groups is 1. The molecule has 0 spiro atoms. The van der Waals surface area contributed by atoms with Crippen LogP contribution in [0.4, 0.5) is 22.0 Å². The Morgan fingerprint density at radius 2 is 1.74 bits per heavy atom. The van der Waals surface area contributed by atoms with E-state index >= 15 is 0 Å². The van der Waals surface area contributed by atoms with Crippen LogP contribution < -0.4 is 20.4 Å². The fraction of sp³-hybridized carbons (Fsp3) is 0.524. The minimum Gasteiger partial charge on any atom is -0.506 e. The van der Waals surface area contributed by atoms with Crippen LogP contribution in [-0.4, -0.2) is 141 Å². The van der Waals surface area contributed by atoms with Gasteiger partial charge in [-0.3, -0.25) is 24.6 Å². The van der Waals surface area contributed by atoms with Crippen molar-refractivity contribution in [2.75, 3.05) is 74.0 Å². The van der Waals surface area contributed by atoms with E-state index < -0.39 is 6.04 Å². The second kappa shape index (κ2) is 14.9. The maximum absolute atomic E-state index is 14.3. The van der Waals surface area contributed by atoms with Gasteiger partial charge in [0.15, 0.2) is 5.82 Å². The van der Waals surface area contributed by atoms with Gasteiger partial charge < -0.3 is 34.9 Å². The van der Waals surface area contributed by atoms with Crippen LogP contribution >= 0.6 is 11.6 Å². The highest BCUT2D eigenvalue weighted by Crippen LogP contribution is 2.41. The van der Waals surface area contributed by atoms with Crippen molar-refractivity contribution in [3.05, 3.63) is 58.6 Å². The van der Waals surface area contributed by atoms with Crippen LogP contribution in [0.5, 0.6) is 5.75 Å². The normalized spacial score (nSPS) is 26.6. The Kier molecular flexibility index (Phi) is 9.86. The maximum Gasteiger partial charge on any atom is 0.320 e. The summed E-state index contributed by atoms with van der Waals surface area (Å²) in [4.78, 5) is 64.8. The highest BCUT2D eigenvalue weighted by atomic mass is 35.5. The number of nitrogens with zero attached hydrogens (tertiary/aromatic N) is 8. The predicted octanol–water partition coefficient (Wildman–Crippen LogP) is 4.00. The standard InChI is InChI=1S/C42H51ClN10O5/c1-25-19-48(21-27-11-13-49(14-12-27)29-8-7-28-22-51(40(57)31(28)17-29)34-9-10-36(54)45-39(34)56)20-26(2)53(25)41(58)50-15-16-52-35-18-33(30-5-4-6-32(43)37(30)55)46-47-38(35)44-23-42(52,3)24-50/h4-8,17-18,25-27,34,55H,9-16,19-24H2,1-3H3,(H,44,47)(H,45,54,56)/t25-,26+,34-,42+/m1/s1. The van der Waals surface area contributed by atoms with Gasteiger partial charge in [0.05, 0.1) is 21.9 Å². The van der Waals surface area contributed by atoms with E-state index in [4.69, 9.17) is 11.6 Å². The van der Waals surface area contributed by atoms with Crippen LogP contribution in [-0.2, 0) is 16.1 Å². The van der Waals surface area contributed by atoms with Crippen molar-refractivity contribution < 1.29 is 24.3 Å². The third kappa shape index (κ3) is 6.85. The predicted molar refractivity (Wildman–Crippen MR) is 220 cm³/mol. The lowest BCUT2D eigenvalue weighted by molar-refractivity contribution is -0.136. The summed E-state index contributed by atoms with van der Waals surface area (Å²) in [5.41, 5.74) is 4.18. The zero-order valence-corrected chi connectivity index (χ0v) is 34.0. The highest BCUT2D eigenvalue weighted by Gasteiger charge is 2.46. The van der Waals surface area contributed by atoms with Crippen LogP contribution in [0.2, 0.25) is 5.02 Å². The molecule has 3 N–H and O–H groups in total. The summed E-state index contributed by atoms with van der Waals surface area (Å²) in [7, 11) is 0. The van der Waals surface area contributed by atoms with Gasteiger partial charge in [0.25, 0.3) is 5.91 Å². The van der Waals surface area contributed by atoms with Crippen molar-refractivity contribution in [1.82, 2.24) is 35.1 Å². The minimum absolute atomic E-state index is 0.0247. The molecule has 7 heterocycles. The fourth-order valence-corrected chi connectivity index (χ4v) is 10.4. The monoisotopic (exact) mass is 810 g/mol. The second-order valence-electron chi connectivity index (χ2n) is 17.3. The molecule has 0 bridgehead atoms. The molecule has 0 saturated carbocycles. The number of para-hydroxylation sites is 1. The van der Waals surface area contributed by atoms with Gasteiger partial charge in [0.1, 0.15) is 11.8 Å². The molecular formula is C42H51ClN10O5. The number of benzene rings is 2. The van der Waals surface area contributed by atoms with E-state index in [2.05, 4.69) is 67.3 Å². The molecule has 3 aromatic rings. The SMILES string of the molecule is C[C@@H]1CN(CC2CCN(c3ccc4c(c3)C(=O)N([C@@H]3CCC(=O)NC3=O)C4)CC2)C[C@H](C)N1C(=O)N1CCN2c3cc(-c4cccc(Cl)c4O)nnc3NC[C@@]2(C)C1. The Labute approximate surface area is 343 Å². The van der Waals surface area contributed by atoms with Crippen molar-refractivity contribution in [2.45, 2.75) is 76.7 Å². The first-order chi connectivity index (χ1) is 27.9. The van der Waals surface area contributed by atoms with Gasteiger partial charge in [-0.25, -0.2) is 4.79 Å². The maximum atomic E-state index is 14.3. The van der Waals surface area contributed by atoms with E-state index in [1.807, 2.05) is 23.1 Å². The van der Waals surface area contributed by atoms with E-state index in [1.165, 1.54) is 0 Å². The van der Waals surface area contributed by atoms with Crippen LogP contribution in [0.25, 0.3) is 11.3 Å². The van der Waals surface area contributed by atoms with Crippen molar-refractivity contribution in [3.8, 4) is 17.0 Å². The number of rotatable bonds is 5. The molecule has 0 aliphatic carbocycles. The number of imide groups is 1. The minimum atomic E-state index is -0.612. The highest BCUT2D eigenvalue weighted by molar-refractivity contribution is 6.32. The molecule has 5 amide bonds. The molecule has 16 heteroatoms. The Morgan fingerprint density at radius 3 is 2.50 bits per heavy atom. The third-order valence-corrected chi connectivity index (χ3v) is 13.5. The van der Waals surface area contributed by atoms with Gasteiger partial charge in [-0.05, 0) is 81.8 Å². The van der Waals surface area contributed by atoms with E-state index in [0.717, 1.165) is 62.5 Å². The number of urea groups is 1. The Morgan fingerprint density at radius 1 is 0.966 bits per heavy atom. The molecule has 0 radical (unpaired) electrons. The molecule has 9 rings (SSSR count). The first-order valence-corrected chi connectivity index (χ1v) is 20.9. The molecule has 15 nitrogen and oxygen atoms in total. The van der Waals surface area contributed by atoms with Crippen molar-refractivity contribution in [1.29, 1.82) is 0 Å². The lowest BCUT2D eigenvalue weighted by Gasteiger charge is -2.54. The first kappa shape index (κ1) is 38.4. The van der Waals surface area contributed by atoms with Gasteiger partial charge in [-0.1, -0.05) is 23.7 Å². The number of carbonyl (C=O) groups is 4. The van der Waals surface area contributed by atoms with E-state index in [1.54, 1.807) is 23.1 Å². The van der Waals surface area contributed by atoms with Gasteiger partial charge in [0.2, 0.25) is 11.8 Å². The number of aromatic nitrogens is 2. The van der Waals surface area contributed by atoms with Gasteiger partial charge >= 0.3 is 6.03 Å². The molecular weight excluding hydrogens is 760 g/mol. The van der Waals surface area contributed by atoms with Crippen molar-refractivity contribution >= 4 is 52.5 Å². The Hall–Kier alpha value is -5.15. The Bertz CT molecular complexity index is 2150. The van der Waals surface area contributed by atoms with E-state index in [9.17, 15) is 24.3 Å². The molecule has 4 saturated heterocycles. The summed E-state index contributed by atoms with van der Waals surface area (Å²) >= 11 is 6.20. The number of carbonyl (C=O) groups excluding carboxylic acids is 4. The van der Waals surface area contributed by atoms with Crippen LogP contribution in [0.1, 0.15) is 62.4 Å². The summed E-state index contributed by atoms with van der Waals surface area (Å²) in [6, 6.07) is 12.8. The molecule has 1 aromatic heterocycles. The number of piperazine rings is 2. The van der Waals surface area contributed by atoms with Gasteiger partial charge in [-0.15, -0.1) is 10.2 Å². The molecule has 6 aliphatic rings. The summed E-state index contributed by atoms with van der Waals surface area (Å²) in [5, 5.41) is 25.5. The average molecular weight is 811 g/mol. The van der Waals surface area contributed by atoms with Crippen LogP contribution in [0.3, 0.4) is 0 Å². The lowest BCUT2D eigenvalue weighted by Crippen LogP contribution is -2.69. The summed E-state index contributed by atoms with van der Waals surface area (Å²) in [6.07, 6.45) is 2.69. The number of nitrogens with one attached hydrogen (secondary N) is 2. The van der Waals surface area contributed by atoms with Crippen molar-refractivity contribution in [2.24, 2.45) is 5.92 Å². The topological polar surface area (TPSA) is 158 Å². The number of phenols is 1. The summed E-state index contributed by atoms with van der Waals surface area (Å²) < 4.78 is 0. The number of amides is 5. The summed E-state index contributed by atoms with van der Waals surface area (Å²) in [6.45, 7) is 13.8. The van der Waals surface area contributed by atoms with E-state index in [0.29, 0.717) is 67.7 Å². The second-order valence-corrected chi connectivity index (χ2v) is 17.7. The lowest BCUT2D eigenvalue weighted by atomic mass is 9.92.